The minimum atomic E-state index is 0.684. The van der Waals surface area contributed by atoms with Crippen molar-refractivity contribution in [2.24, 2.45) is 0 Å². The zero-order valence-corrected chi connectivity index (χ0v) is 8.16. The molecule has 3 rings (SSSR count). The van der Waals surface area contributed by atoms with Crippen LogP contribution in [0.5, 0.6) is 0 Å². The maximum atomic E-state index is 4.73. The third-order valence-electron chi connectivity index (χ3n) is 3.32. The van der Waals surface area contributed by atoms with E-state index in [9.17, 15) is 0 Å². The monoisotopic (exact) mass is 176 g/mol. The first kappa shape index (κ1) is 7.60. The van der Waals surface area contributed by atoms with Gasteiger partial charge < -0.3 is 4.57 Å². The summed E-state index contributed by atoms with van der Waals surface area (Å²) in [6.45, 7) is 2.31. The van der Waals surface area contributed by atoms with Crippen LogP contribution < -0.4 is 0 Å². The fourth-order valence-electron chi connectivity index (χ4n) is 2.29. The number of aryl methyl sites for hydroxylation is 1. The van der Waals surface area contributed by atoms with Crippen LogP contribution >= 0.6 is 0 Å². The summed E-state index contributed by atoms with van der Waals surface area (Å²) in [6, 6.07) is 0.684. The van der Waals surface area contributed by atoms with E-state index in [0.717, 1.165) is 5.92 Å². The Labute approximate surface area is 79.0 Å². The molecule has 1 unspecified atom stereocenters. The third kappa shape index (κ3) is 1.19. The van der Waals surface area contributed by atoms with Crippen molar-refractivity contribution in [3.8, 4) is 0 Å². The summed E-state index contributed by atoms with van der Waals surface area (Å²) in [4.78, 5) is 4.73. The molecule has 2 nitrogen and oxygen atoms in total. The number of hydrogen-bond acceptors (Lipinski definition) is 1. The van der Waals surface area contributed by atoms with Gasteiger partial charge in [-0.15, -0.1) is 0 Å². The van der Waals surface area contributed by atoms with Crippen molar-refractivity contribution in [2.45, 2.75) is 51.0 Å². The SMILES string of the molecule is CC1CCCc2nc(C3CC3)cn21. The van der Waals surface area contributed by atoms with E-state index >= 15 is 0 Å². The Bertz CT molecular complexity index is 323. The Morgan fingerprint density at radius 2 is 2.23 bits per heavy atom. The van der Waals surface area contributed by atoms with E-state index in [4.69, 9.17) is 4.98 Å². The lowest BCUT2D eigenvalue weighted by molar-refractivity contribution is 0.425. The predicted octanol–water partition coefficient (Wildman–Crippen LogP) is 2.66. The molecule has 0 amide bonds. The molecule has 2 aliphatic rings. The topological polar surface area (TPSA) is 17.8 Å². The van der Waals surface area contributed by atoms with Crippen LogP contribution in [-0.2, 0) is 6.42 Å². The highest BCUT2D eigenvalue weighted by atomic mass is 15.1. The van der Waals surface area contributed by atoms with E-state index in [1.807, 2.05) is 0 Å². The first-order valence-corrected chi connectivity index (χ1v) is 5.42. The molecule has 13 heavy (non-hydrogen) atoms. The normalized spacial score (nSPS) is 27.3. The van der Waals surface area contributed by atoms with E-state index in [-0.39, 0.29) is 0 Å². The molecule has 1 saturated carbocycles. The molecule has 1 fully saturated rings. The van der Waals surface area contributed by atoms with Crippen molar-refractivity contribution in [2.75, 3.05) is 0 Å². The predicted molar refractivity (Wildman–Crippen MR) is 51.9 cm³/mol. The third-order valence-corrected chi connectivity index (χ3v) is 3.32. The van der Waals surface area contributed by atoms with Gasteiger partial charge in [-0.3, -0.25) is 0 Å². The van der Waals surface area contributed by atoms with Crippen LogP contribution in [0.4, 0.5) is 0 Å². The second kappa shape index (κ2) is 2.60. The number of aromatic nitrogens is 2. The highest BCUT2D eigenvalue weighted by molar-refractivity contribution is 5.16. The Morgan fingerprint density at radius 1 is 1.38 bits per heavy atom. The molecule has 0 radical (unpaired) electrons. The molecular weight excluding hydrogens is 160 g/mol. The molecule has 1 aliphatic carbocycles. The van der Waals surface area contributed by atoms with Gasteiger partial charge in [0.25, 0.3) is 0 Å². The fourth-order valence-corrected chi connectivity index (χ4v) is 2.29. The molecule has 70 valence electrons. The first-order chi connectivity index (χ1) is 6.34. The Morgan fingerprint density at radius 3 is 2.92 bits per heavy atom. The summed E-state index contributed by atoms with van der Waals surface area (Å²) in [5.74, 6) is 2.14. The van der Waals surface area contributed by atoms with Gasteiger partial charge >= 0.3 is 0 Å². The highest BCUT2D eigenvalue weighted by Gasteiger charge is 2.28. The van der Waals surface area contributed by atoms with Crippen molar-refractivity contribution in [3.05, 3.63) is 17.7 Å². The minimum absolute atomic E-state index is 0.684. The molecule has 0 aromatic carbocycles. The average molecular weight is 176 g/mol. The summed E-state index contributed by atoms with van der Waals surface area (Å²) in [7, 11) is 0. The zero-order chi connectivity index (χ0) is 8.84. The van der Waals surface area contributed by atoms with Crippen molar-refractivity contribution in [1.29, 1.82) is 0 Å². The van der Waals surface area contributed by atoms with Gasteiger partial charge in [-0.25, -0.2) is 4.98 Å². The van der Waals surface area contributed by atoms with Gasteiger partial charge in [0.05, 0.1) is 5.69 Å². The maximum absolute atomic E-state index is 4.73. The molecule has 1 aromatic heterocycles. The highest BCUT2D eigenvalue weighted by Crippen LogP contribution is 2.40. The van der Waals surface area contributed by atoms with E-state index in [2.05, 4.69) is 17.7 Å². The van der Waals surface area contributed by atoms with Crippen molar-refractivity contribution < 1.29 is 0 Å². The Hall–Kier alpha value is -0.790. The molecule has 0 bridgehead atoms. The molecule has 1 atom stereocenters. The quantitative estimate of drug-likeness (QED) is 0.643. The summed E-state index contributed by atoms with van der Waals surface area (Å²) in [5, 5.41) is 0. The second-order valence-corrected chi connectivity index (χ2v) is 4.50. The zero-order valence-electron chi connectivity index (χ0n) is 8.16. The molecule has 2 heterocycles. The fraction of sp³-hybridized carbons (Fsp3) is 0.727. The standard InChI is InChI=1S/C11H16N2/c1-8-3-2-4-11-12-10(7-13(8)11)9-5-6-9/h7-9H,2-6H2,1H3. The van der Waals surface area contributed by atoms with Gasteiger partial charge in [0.1, 0.15) is 5.82 Å². The van der Waals surface area contributed by atoms with Gasteiger partial charge in [0, 0.05) is 24.6 Å². The van der Waals surface area contributed by atoms with Crippen molar-refractivity contribution in [3.63, 3.8) is 0 Å². The van der Waals surface area contributed by atoms with Crippen LogP contribution in [0.25, 0.3) is 0 Å². The van der Waals surface area contributed by atoms with Crippen LogP contribution in [0.2, 0.25) is 0 Å². The number of fused-ring (bicyclic) bond motifs is 1. The molecule has 1 aromatic rings. The number of hydrogen-bond donors (Lipinski definition) is 0. The Kier molecular flexibility index (Phi) is 1.52. The van der Waals surface area contributed by atoms with Crippen LogP contribution in [0.1, 0.15) is 56.1 Å². The Balaban J connectivity index is 1.99. The maximum Gasteiger partial charge on any atom is 0.109 e. The number of nitrogens with zero attached hydrogens (tertiary/aromatic N) is 2. The van der Waals surface area contributed by atoms with Gasteiger partial charge in [0.2, 0.25) is 0 Å². The van der Waals surface area contributed by atoms with E-state index in [0.29, 0.717) is 6.04 Å². The van der Waals surface area contributed by atoms with Gasteiger partial charge in [-0.2, -0.15) is 0 Å². The summed E-state index contributed by atoms with van der Waals surface area (Å²) >= 11 is 0. The number of imidazole rings is 1. The lowest BCUT2D eigenvalue weighted by Crippen LogP contribution is -2.14. The van der Waals surface area contributed by atoms with E-state index < -0.39 is 0 Å². The van der Waals surface area contributed by atoms with Crippen LogP contribution in [0.3, 0.4) is 0 Å². The first-order valence-electron chi connectivity index (χ1n) is 5.42. The van der Waals surface area contributed by atoms with Gasteiger partial charge in [-0.05, 0) is 32.6 Å². The summed E-state index contributed by atoms with van der Waals surface area (Å²) in [6.07, 6.45) is 8.87. The lowest BCUT2D eigenvalue weighted by atomic mass is 10.1. The number of rotatable bonds is 1. The van der Waals surface area contributed by atoms with Crippen molar-refractivity contribution in [1.82, 2.24) is 9.55 Å². The van der Waals surface area contributed by atoms with E-state index in [1.165, 1.54) is 43.6 Å². The molecule has 1 aliphatic heterocycles. The largest absolute Gasteiger partial charge is 0.332 e. The minimum Gasteiger partial charge on any atom is -0.332 e. The summed E-state index contributed by atoms with van der Waals surface area (Å²) in [5.41, 5.74) is 1.36. The van der Waals surface area contributed by atoms with Crippen LogP contribution in [0.15, 0.2) is 6.20 Å². The molecule has 0 spiro atoms. The van der Waals surface area contributed by atoms with Crippen LogP contribution in [0, 0.1) is 0 Å². The lowest BCUT2D eigenvalue weighted by Gasteiger charge is -2.20. The van der Waals surface area contributed by atoms with Gasteiger partial charge in [-0.1, -0.05) is 0 Å². The molecule has 0 N–H and O–H groups in total. The van der Waals surface area contributed by atoms with Gasteiger partial charge in [0.15, 0.2) is 0 Å². The average Bonchev–Trinajstić information content (AvgIpc) is 2.87. The molecule has 0 saturated heterocycles. The molecule has 2 heteroatoms. The smallest absolute Gasteiger partial charge is 0.109 e. The second-order valence-electron chi connectivity index (χ2n) is 4.50. The van der Waals surface area contributed by atoms with Crippen LogP contribution in [-0.4, -0.2) is 9.55 Å². The molecular formula is C11H16N2. The van der Waals surface area contributed by atoms with Crippen molar-refractivity contribution >= 4 is 0 Å². The van der Waals surface area contributed by atoms with E-state index in [1.54, 1.807) is 0 Å². The summed E-state index contributed by atoms with van der Waals surface area (Å²) < 4.78 is 2.40.